The van der Waals surface area contributed by atoms with Gasteiger partial charge in [0.1, 0.15) is 0 Å². The minimum absolute atomic E-state index is 0.159. The summed E-state index contributed by atoms with van der Waals surface area (Å²) in [6, 6.07) is 0. The first-order valence-corrected chi connectivity index (χ1v) is 7.28. The van der Waals surface area contributed by atoms with E-state index in [1.54, 1.807) is 19.0 Å². The molecule has 94 valence electrons. The second-order valence-corrected chi connectivity index (χ2v) is 6.11. The van der Waals surface area contributed by atoms with Crippen LogP contribution in [-0.2, 0) is 4.79 Å². The number of nitrogens with one attached hydrogen (secondary N) is 1. The van der Waals surface area contributed by atoms with Crippen molar-refractivity contribution in [3.05, 3.63) is 0 Å². The smallest absolute Gasteiger partial charge is 0.236 e. The number of hydrogen-bond donors (Lipinski definition) is 1. The Kier molecular flexibility index (Phi) is 5.62. The van der Waals surface area contributed by atoms with Crippen molar-refractivity contribution in [2.24, 2.45) is 0 Å². The second kappa shape index (κ2) is 6.50. The van der Waals surface area contributed by atoms with Crippen LogP contribution in [0.5, 0.6) is 0 Å². The van der Waals surface area contributed by atoms with Gasteiger partial charge in [0.25, 0.3) is 0 Å². The molecule has 0 aromatic carbocycles. The number of rotatable bonds is 5. The highest BCUT2D eigenvalue weighted by molar-refractivity contribution is 8.00. The maximum absolute atomic E-state index is 11.4. The van der Waals surface area contributed by atoms with Crippen molar-refractivity contribution < 1.29 is 4.79 Å². The van der Waals surface area contributed by atoms with Crippen molar-refractivity contribution in [3.8, 4) is 0 Å². The minimum Gasteiger partial charge on any atom is -0.348 e. The molecule has 1 fully saturated rings. The number of thioether (sulfide) groups is 1. The topological polar surface area (TPSA) is 32.3 Å². The van der Waals surface area contributed by atoms with Crippen LogP contribution in [0.25, 0.3) is 0 Å². The number of amides is 1. The van der Waals surface area contributed by atoms with E-state index in [1.807, 2.05) is 11.8 Å². The summed E-state index contributed by atoms with van der Waals surface area (Å²) in [6.45, 7) is 1.43. The molecular weight excluding hydrogens is 220 g/mol. The molecular formula is C12H24N2OS. The maximum atomic E-state index is 11.4. The van der Waals surface area contributed by atoms with Crippen LogP contribution >= 0.6 is 11.8 Å². The van der Waals surface area contributed by atoms with Gasteiger partial charge in [-0.1, -0.05) is 19.3 Å². The van der Waals surface area contributed by atoms with Crippen LogP contribution in [-0.4, -0.2) is 49.0 Å². The molecule has 4 heteroatoms. The lowest BCUT2D eigenvalue weighted by Gasteiger charge is -2.36. The van der Waals surface area contributed by atoms with Gasteiger partial charge in [-0.3, -0.25) is 4.79 Å². The first kappa shape index (κ1) is 13.8. The normalized spacial score (nSPS) is 19.4. The first-order chi connectivity index (χ1) is 7.59. The van der Waals surface area contributed by atoms with Crippen molar-refractivity contribution in [2.45, 2.75) is 36.9 Å². The Morgan fingerprint density at radius 3 is 2.44 bits per heavy atom. The van der Waals surface area contributed by atoms with Gasteiger partial charge in [0, 0.05) is 25.4 Å². The van der Waals surface area contributed by atoms with E-state index in [1.165, 1.54) is 32.1 Å². The molecule has 0 aromatic heterocycles. The summed E-state index contributed by atoms with van der Waals surface area (Å²) in [5.41, 5.74) is 0. The van der Waals surface area contributed by atoms with E-state index >= 15 is 0 Å². The summed E-state index contributed by atoms with van der Waals surface area (Å²) in [7, 11) is 3.60. The lowest BCUT2D eigenvalue weighted by atomic mass is 9.88. The van der Waals surface area contributed by atoms with Gasteiger partial charge in [-0.2, -0.15) is 11.8 Å². The monoisotopic (exact) mass is 244 g/mol. The number of carbonyl (C=O) groups is 1. The average molecular weight is 244 g/mol. The molecule has 0 aliphatic heterocycles. The lowest BCUT2D eigenvalue weighted by Crippen LogP contribution is -2.43. The molecule has 1 aliphatic rings. The third-order valence-electron chi connectivity index (χ3n) is 3.42. The van der Waals surface area contributed by atoms with Gasteiger partial charge in [-0.15, -0.1) is 0 Å². The molecule has 0 aromatic rings. The summed E-state index contributed by atoms with van der Waals surface area (Å²) in [4.78, 5) is 13.1. The molecule has 1 N–H and O–H groups in total. The fraction of sp³-hybridized carbons (Fsp3) is 0.917. The quantitative estimate of drug-likeness (QED) is 0.799. The van der Waals surface area contributed by atoms with Crippen molar-refractivity contribution in [1.82, 2.24) is 10.2 Å². The zero-order chi connectivity index (χ0) is 12.0. The Bertz CT molecular complexity index is 225. The highest BCUT2D eigenvalue weighted by Crippen LogP contribution is 2.37. The Hall–Kier alpha value is -0.220. The molecule has 1 amide bonds. The zero-order valence-corrected chi connectivity index (χ0v) is 11.5. The number of hydrogen-bond acceptors (Lipinski definition) is 3. The van der Waals surface area contributed by atoms with Crippen molar-refractivity contribution in [1.29, 1.82) is 0 Å². The summed E-state index contributed by atoms with van der Waals surface area (Å²) in [5.74, 6) is 0.159. The third kappa shape index (κ3) is 3.98. The van der Waals surface area contributed by atoms with Crippen LogP contribution in [0.15, 0.2) is 0 Å². The molecule has 0 atom stereocenters. The molecule has 0 unspecified atom stereocenters. The Morgan fingerprint density at radius 1 is 1.31 bits per heavy atom. The summed E-state index contributed by atoms with van der Waals surface area (Å²) >= 11 is 1.97. The molecule has 16 heavy (non-hydrogen) atoms. The van der Waals surface area contributed by atoms with E-state index < -0.39 is 0 Å². The molecule has 1 saturated carbocycles. The maximum Gasteiger partial charge on any atom is 0.236 e. The number of likely N-dealkylation sites (N-methyl/N-ethyl adjacent to an activating group) is 1. The highest BCUT2D eigenvalue weighted by Gasteiger charge is 2.30. The second-order valence-electron chi connectivity index (χ2n) is 4.84. The van der Waals surface area contributed by atoms with Gasteiger partial charge < -0.3 is 10.2 Å². The SMILES string of the molecule is CSC1(CNCC(=O)N(C)C)CCCCC1. The van der Waals surface area contributed by atoms with Crippen molar-refractivity contribution >= 4 is 17.7 Å². The van der Waals surface area contributed by atoms with Crippen molar-refractivity contribution in [3.63, 3.8) is 0 Å². The summed E-state index contributed by atoms with van der Waals surface area (Å²) in [5, 5.41) is 3.32. The van der Waals surface area contributed by atoms with Gasteiger partial charge in [0.05, 0.1) is 6.54 Å². The van der Waals surface area contributed by atoms with E-state index in [2.05, 4.69) is 11.6 Å². The number of carbonyl (C=O) groups excluding carboxylic acids is 1. The average Bonchev–Trinajstić information content (AvgIpc) is 2.30. The van der Waals surface area contributed by atoms with Crippen LogP contribution in [0, 0.1) is 0 Å². The molecule has 0 radical (unpaired) electrons. The van der Waals surface area contributed by atoms with Gasteiger partial charge in [-0.25, -0.2) is 0 Å². The Labute approximate surface area is 103 Å². The van der Waals surface area contributed by atoms with E-state index in [-0.39, 0.29) is 5.91 Å². The molecule has 1 rings (SSSR count). The fourth-order valence-corrected chi connectivity index (χ4v) is 3.15. The molecule has 3 nitrogen and oxygen atoms in total. The Balaban J connectivity index is 2.31. The van der Waals surface area contributed by atoms with E-state index in [9.17, 15) is 4.79 Å². The van der Waals surface area contributed by atoms with Crippen LogP contribution < -0.4 is 5.32 Å². The predicted molar refractivity (Wildman–Crippen MR) is 70.9 cm³/mol. The largest absolute Gasteiger partial charge is 0.348 e. The zero-order valence-electron chi connectivity index (χ0n) is 10.7. The first-order valence-electron chi connectivity index (χ1n) is 6.06. The molecule has 0 spiro atoms. The molecule has 0 saturated heterocycles. The highest BCUT2D eigenvalue weighted by atomic mass is 32.2. The lowest BCUT2D eigenvalue weighted by molar-refractivity contribution is -0.127. The number of nitrogens with zero attached hydrogens (tertiary/aromatic N) is 1. The molecule has 0 heterocycles. The van der Waals surface area contributed by atoms with Gasteiger partial charge >= 0.3 is 0 Å². The van der Waals surface area contributed by atoms with E-state index in [0.717, 1.165) is 6.54 Å². The Morgan fingerprint density at radius 2 is 1.94 bits per heavy atom. The van der Waals surface area contributed by atoms with Gasteiger partial charge in [0.2, 0.25) is 5.91 Å². The molecule has 0 bridgehead atoms. The van der Waals surface area contributed by atoms with Crippen molar-refractivity contribution in [2.75, 3.05) is 33.4 Å². The van der Waals surface area contributed by atoms with E-state index in [4.69, 9.17) is 0 Å². The van der Waals surface area contributed by atoms with Gasteiger partial charge in [-0.05, 0) is 19.1 Å². The van der Waals surface area contributed by atoms with Crippen LogP contribution in [0.2, 0.25) is 0 Å². The third-order valence-corrected chi connectivity index (χ3v) is 4.84. The minimum atomic E-state index is 0.159. The van der Waals surface area contributed by atoms with Gasteiger partial charge in [0.15, 0.2) is 0 Å². The standard InChI is InChI=1S/C12H24N2OS/c1-14(2)11(15)9-13-10-12(16-3)7-5-4-6-8-12/h13H,4-10H2,1-3H3. The fourth-order valence-electron chi connectivity index (χ4n) is 2.20. The summed E-state index contributed by atoms with van der Waals surface area (Å²) < 4.78 is 0.380. The summed E-state index contributed by atoms with van der Waals surface area (Å²) in [6.07, 6.45) is 8.82. The molecule has 1 aliphatic carbocycles. The predicted octanol–water partition coefficient (Wildman–Crippen LogP) is 1.73. The van der Waals surface area contributed by atoms with Crippen LogP contribution in [0.4, 0.5) is 0 Å². The van der Waals surface area contributed by atoms with Crippen LogP contribution in [0.1, 0.15) is 32.1 Å². The van der Waals surface area contributed by atoms with E-state index in [0.29, 0.717) is 11.3 Å². The van der Waals surface area contributed by atoms with Crippen LogP contribution in [0.3, 0.4) is 0 Å².